The second kappa shape index (κ2) is 9.05. The highest BCUT2D eigenvalue weighted by Gasteiger charge is 2.10. The number of amides is 1. The first-order chi connectivity index (χ1) is 12.3. The van der Waals surface area contributed by atoms with Crippen LogP contribution in [0.15, 0.2) is 42.5 Å². The molecule has 0 fully saturated rings. The predicted octanol–water partition coefficient (Wildman–Crippen LogP) is 4.30. The zero-order valence-electron chi connectivity index (χ0n) is 14.4. The molecule has 0 aliphatic rings. The van der Waals surface area contributed by atoms with E-state index < -0.39 is 10.8 Å². The number of hydrogen-bond acceptors (Lipinski definition) is 5. The Balaban J connectivity index is 1.90. The monoisotopic (exact) mass is 378 g/mol. The van der Waals surface area contributed by atoms with Crippen molar-refractivity contribution < 1.29 is 19.2 Å². The van der Waals surface area contributed by atoms with Crippen LogP contribution in [0, 0.1) is 16.0 Å². The highest BCUT2D eigenvalue weighted by Crippen LogP contribution is 2.28. The zero-order valence-corrected chi connectivity index (χ0v) is 15.2. The number of nitrogens with zero attached hydrogens (tertiary/aromatic N) is 1. The van der Waals surface area contributed by atoms with Crippen molar-refractivity contribution >= 4 is 28.9 Å². The Kier molecular flexibility index (Phi) is 6.80. The molecule has 1 N–H and O–H groups in total. The van der Waals surface area contributed by atoms with Gasteiger partial charge in [0, 0.05) is 11.8 Å². The molecular weight excluding hydrogens is 360 g/mol. The topological polar surface area (TPSA) is 90.7 Å². The molecule has 2 aromatic carbocycles. The van der Waals surface area contributed by atoms with E-state index in [4.69, 9.17) is 21.1 Å². The van der Waals surface area contributed by atoms with Crippen LogP contribution in [0.25, 0.3) is 0 Å². The summed E-state index contributed by atoms with van der Waals surface area (Å²) >= 11 is 6.14. The Morgan fingerprint density at radius 1 is 1.23 bits per heavy atom. The summed E-state index contributed by atoms with van der Waals surface area (Å²) in [5.74, 6) is 0.746. The summed E-state index contributed by atoms with van der Waals surface area (Å²) in [6.07, 6.45) is 0. The van der Waals surface area contributed by atoms with Gasteiger partial charge in [0.25, 0.3) is 11.6 Å². The van der Waals surface area contributed by atoms with E-state index in [0.29, 0.717) is 29.0 Å². The summed E-state index contributed by atoms with van der Waals surface area (Å²) in [6, 6.07) is 10.6. The standard InChI is InChI=1S/C18H19ClN2O5/c1-12(2)10-26-17-7-6-13(8-16(17)19)20-18(22)11-25-15-5-3-4-14(9-15)21(23)24/h3-9,12H,10-11H2,1-2H3,(H,20,22). The number of hydrogen-bond donors (Lipinski definition) is 1. The molecule has 26 heavy (non-hydrogen) atoms. The second-order valence-electron chi connectivity index (χ2n) is 5.94. The first-order valence-electron chi connectivity index (χ1n) is 7.94. The van der Waals surface area contributed by atoms with Crippen LogP contribution in [-0.2, 0) is 4.79 Å². The minimum Gasteiger partial charge on any atom is -0.492 e. The Morgan fingerprint density at radius 2 is 2.00 bits per heavy atom. The molecule has 138 valence electrons. The molecule has 0 saturated carbocycles. The molecule has 0 heterocycles. The molecule has 0 atom stereocenters. The number of nitrogens with one attached hydrogen (secondary N) is 1. The Morgan fingerprint density at radius 3 is 2.65 bits per heavy atom. The Labute approximate surface area is 156 Å². The molecule has 1 amide bonds. The fourth-order valence-electron chi connectivity index (χ4n) is 1.98. The fraction of sp³-hybridized carbons (Fsp3) is 0.278. The molecular formula is C18H19ClN2O5. The van der Waals surface area contributed by atoms with Crippen LogP contribution < -0.4 is 14.8 Å². The third kappa shape index (κ3) is 5.93. The van der Waals surface area contributed by atoms with Gasteiger partial charge in [0.2, 0.25) is 0 Å². The number of rotatable bonds is 8. The van der Waals surface area contributed by atoms with E-state index in [1.165, 1.54) is 24.3 Å². The quantitative estimate of drug-likeness (QED) is 0.546. The van der Waals surface area contributed by atoms with E-state index in [1.54, 1.807) is 18.2 Å². The van der Waals surface area contributed by atoms with E-state index in [2.05, 4.69) is 5.32 Å². The van der Waals surface area contributed by atoms with Crippen molar-refractivity contribution in [1.29, 1.82) is 0 Å². The van der Waals surface area contributed by atoms with Gasteiger partial charge in [-0.15, -0.1) is 0 Å². The van der Waals surface area contributed by atoms with Gasteiger partial charge in [-0.05, 0) is 30.2 Å². The van der Waals surface area contributed by atoms with Crippen molar-refractivity contribution in [1.82, 2.24) is 0 Å². The number of ether oxygens (including phenoxy) is 2. The summed E-state index contributed by atoms with van der Waals surface area (Å²) in [4.78, 5) is 22.2. The molecule has 7 nitrogen and oxygen atoms in total. The normalized spacial score (nSPS) is 10.5. The van der Waals surface area contributed by atoms with Crippen LogP contribution in [0.3, 0.4) is 0 Å². The van der Waals surface area contributed by atoms with Crippen LogP contribution in [0.5, 0.6) is 11.5 Å². The number of non-ortho nitro benzene ring substituents is 1. The van der Waals surface area contributed by atoms with Crippen LogP contribution in [0.1, 0.15) is 13.8 Å². The van der Waals surface area contributed by atoms with E-state index >= 15 is 0 Å². The van der Waals surface area contributed by atoms with E-state index in [9.17, 15) is 14.9 Å². The lowest BCUT2D eigenvalue weighted by Gasteiger charge is -2.12. The summed E-state index contributed by atoms with van der Waals surface area (Å²) in [6.45, 7) is 4.32. The second-order valence-corrected chi connectivity index (χ2v) is 6.35. The van der Waals surface area contributed by atoms with Crippen molar-refractivity contribution in [3.63, 3.8) is 0 Å². The van der Waals surface area contributed by atoms with Gasteiger partial charge >= 0.3 is 0 Å². The molecule has 0 bridgehead atoms. The predicted molar refractivity (Wildman–Crippen MR) is 99.0 cm³/mol. The molecule has 0 saturated heterocycles. The van der Waals surface area contributed by atoms with Gasteiger partial charge in [0.15, 0.2) is 6.61 Å². The van der Waals surface area contributed by atoms with Gasteiger partial charge in [0.1, 0.15) is 11.5 Å². The highest BCUT2D eigenvalue weighted by molar-refractivity contribution is 6.32. The number of carbonyl (C=O) groups excluding carboxylic acids is 1. The largest absolute Gasteiger partial charge is 0.492 e. The molecule has 0 spiro atoms. The highest BCUT2D eigenvalue weighted by atomic mass is 35.5. The Hall–Kier alpha value is -2.80. The molecule has 0 aromatic heterocycles. The zero-order chi connectivity index (χ0) is 19.1. The van der Waals surface area contributed by atoms with Crippen molar-refractivity contribution in [2.45, 2.75) is 13.8 Å². The molecule has 0 radical (unpaired) electrons. The first-order valence-corrected chi connectivity index (χ1v) is 8.32. The molecule has 2 rings (SSSR count). The molecule has 0 unspecified atom stereocenters. The van der Waals surface area contributed by atoms with Crippen LogP contribution in [0.4, 0.5) is 11.4 Å². The van der Waals surface area contributed by atoms with E-state index in [1.807, 2.05) is 13.8 Å². The lowest BCUT2D eigenvalue weighted by molar-refractivity contribution is -0.384. The van der Waals surface area contributed by atoms with Gasteiger partial charge in [-0.3, -0.25) is 14.9 Å². The third-order valence-electron chi connectivity index (χ3n) is 3.19. The number of anilines is 1. The summed E-state index contributed by atoms with van der Waals surface area (Å²) in [5.41, 5.74) is 0.395. The molecule has 0 aliphatic heterocycles. The smallest absolute Gasteiger partial charge is 0.273 e. The van der Waals surface area contributed by atoms with Crippen LogP contribution in [-0.4, -0.2) is 24.0 Å². The number of nitro benzene ring substituents is 1. The van der Waals surface area contributed by atoms with Crippen LogP contribution >= 0.6 is 11.6 Å². The minimum absolute atomic E-state index is 0.105. The van der Waals surface area contributed by atoms with Crippen molar-refractivity contribution in [3.05, 3.63) is 57.6 Å². The maximum atomic E-state index is 12.0. The van der Waals surface area contributed by atoms with Gasteiger partial charge < -0.3 is 14.8 Å². The lowest BCUT2D eigenvalue weighted by atomic mass is 10.2. The first kappa shape index (κ1) is 19.5. The summed E-state index contributed by atoms with van der Waals surface area (Å²) in [7, 11) is 0. The van der Waals surface area contributed by atoms with Crippen molar-refractivity contribution in [2.75, 3.05) is 18.5 Å². The van der Waals surface area contributed by atoms with Gasteiger partial charge in [-0.2, -0.15) is 0 Å². The summed E-state index contributed by atoms with van der Waals surface area (Å²) in [5, 5.41) is 13.8. The lowest BCUT2D eigenvalue weighted by Crippen LogP contribution is -2.20. The van der Waals surface area contributed by atoms with Gasteiger partial charge in [-0.1, -0.05) is 31.5 Å². The average Bonchev–Trinajstić information content (AvgIpc) is 2.59. The molecule has 0 aliphatic carbocycles. The maximum absolute atomic E-state index is 12.0. The average molecular weight is 379 g/mol. The van der Waals surface area contributed by atoms with Crippen molar-refractivity contribution in [2.24, 2.45) is 5.92 Å². The number of halogens is 1. The Bertz CT molecular complexity index is 795. The maximum Gasteiger partial charge on any atom is 0.273 e. The van der Waals surface area contributed by atoms with Crippen LogP contribution in [0.2, 0.25) is 5.02 Å². The molecule has 8 heteroatoms. The van der Waals surface area contributed by atoms with Gasteiger partial charge in [0.05, 0.1) is 22.6 Å². The minimum atomic E-state index is -0.530. The van der Waals surface area contributed by atoms with Crippen molar-refractivity contribution in [3.8, 4) is 11.5 Å². The third-order valence-corrected chi connectivity index (χ3v) is 3.48. The summed E-state index contributed by atoms with van der Waals surface area (Å²) < 4.78 is 10.8. The van der Waals surface area contributed by atoms with Gasteiger partial charge in [-0.25, -0.2) is 0 Å². The van der Waals surface area contributed by atoms with E-state index in [0.717, 1.165) is 0 Å². The number of carbonyl (C=O) groups is 1. The fourth-order valence-corrected chi connectivity index (χ4v) is 2.22. The SMILES string of the molecule is CC(C)COc1ccc(NC(=O)COc2cccc([N+](=O)[O-])c2)cc1Cl. The number of nitro groups is 1. The van der Waals surface area contributed by atoms with E-state index in [-0.39, 0.29) is 18.0 Å². The number of benzene rings is 2. The molecule has 2 aromatic rings.